The molecule has 0 aromatic heterocycles. The largest absolute Gasteiger partial charge is 0.493 e. The van der Waals surface area contributed by atoms with Crippen LogP contribution < -0.4 is 19.5 Å². The quantitative estimate of drug-likeness (QED) is 0.551. The van der Waals surface area contributed by atoms with Crippen LogP contribution in [0.3, 0.4) is 0 Å². The van der Waals surface area contributed by atoms with Gasteiger partial charge in [-0.05, 0) is 49.2 Å². The smallest absolute Gasteiger partial charge is 0.244 e. The molecule has 2 rings (SSSR count). The summed E-state index contributed by atoms with van der Waals surface area (Å²) in [6.45, 7) is 5.33. The van der Waals surface area contributed by atoms with Gasteiger partial charge >= 0.3 is 0 Å². The minimum atomic E-state index is -0.175. The highest BCUT2D eigenvalue weighted by Crippen LogP contribution is 2.28. The fraction of sp³-hybridized carbons (Fsp3) is 0.286. The lowest BCUT2D eigenvalue weighted by molar-refractivity contribution is -0.116. The average Bonchev–Trinajstić information content (AvgIpc) is 2.66. The van der Waals surface area contributed by atoms with E-state index in [-0.39, 0.29) is 5.91 Å². The third kappa shape index (κ3) is 5.84. The van der Waals surface area contributed by atoms with E-state index >= 15 is 0 Å². The van der Waals surface area contributed by atoms with E-state index < -0.39 is 0 Å². The molecule has 2 aromatic carbocycles. The lowest BCUT2D eigenvalue weighted by Crippen LogP contribution is -2.26. The highest BCUT2D eigenvalue weighted by molar-refractivity contribution is 5.91. The molecule has 0 aliphatic heterocycles. The van der Waals surface area contributed by atoms with Crippen LogP contribution in [0.1, 0.15) is 18.1 Å². The lowest BCUT2D eigenvalue weighted by Gasteiger charge is -2.09. The molecule has 2 aromatic rings. The van der Waals surface area contributed by atoms with Gasteiger partial charge in [0.25, 0.3) is 0 Å². The minimum Gasteiger partial charge on any atom is -0.493 e. The van der Waals surface area contributed by atoms with Crippen molar-refractivity contribution < 1.29 is 19.0 Å². The van der Waals surface area contributed by atoms with Crippen LogP contribution in [0.2, 0.25) is 0 Å². The Kier molecular flexibility index (Phi) is 7.55. The molecule has 5 heteroatoms. The molecule has 0 radical (unpaired) electrons. The molecule has 0 fully saturated rings. The molecule has 1 N–H and O–H groups in total. The number of ether oxygens (including phenoxy) is 3. The number of para-hydroxylation sites is 1. The summed E-state index contributed by atoms with van der Waals surface area (Å²) in [4.78, 5) is 11.9. The van der Waals surface area contributed by atoms with Crippen molar-refractivity contribution in [2.75, 3.05) is 26.9 Å². The fourth-order valence-corrected chi connectivity index (χ4v) is 2.35. The van der Waals surface area contributed by atoms with E-state index in [9.17, 15) is 4.79 Å². The number of carbonyl (C=O) groups excluding carboxylic acids is 1. The zero-order valence-electron chi connectivity index (χ0n) is 15.5. The molecule has 0 heterocycles. The van der Waals surface area contributed by atoms with E-state index in [4.69, 9.17) is 14.2 Å². The van der Waals surface area contributed by atoms with Crippen LogP contribution in [0.15, 0.2) is 48.5 Å². The molecule has 0 bridgehead atoms. The lowest BCUT2D eigenvalue weighted by atomic mass is 10.2. The van der Waals surface area contributed by atoms with Gasteiger partial charge in [-0.3, -0.25) is 4.79 Å². The number of hydrogen-bond donors (Lipinski definition) is 1. The van der Waals surface area contributed by atoms with Crippen LogP contribution in [0.4, 0.5) is 0 Å². The van der Waals surface area contributed by atoms with Crippen molar-refractivity contribution in [3.63, 3.8) is 0 Å². The summed E-state index contributed by atoms with van der Waals surface area (Å²) >= 11 is 0. The average molecular weight is 355 g/mol. The minimum absolute atomic E-state index is 0.175. The predicted octanol–water partition coefficient (Wildman–Crippen LogP) is 3.61. The van der Waals surface area contributed by atoms with Crippen molar-refractivity contribution in [1.82, 2.24) is 5.32 Å². The summed E-state index contributed by atoms with van der Waals surface area (Å²) in [7, 11) is 1.59. The maximum atomic E-state index is 11.9. The highest BCUT2D eigenvalue weighted by Gasteiger charge is 2.04. The van der Waals surface area contributed by atoms with Gasteiger partial charge < -0.3 is 19.5 Å². The van der Waals surface area contributed by atoms with Crippen molar-refractivity contribution >= 4 is 12.0 Å². The van der Waals surface area contributed by atoms with Crippen LogP contribution in [0.5, 0.6) is 17.2 Å². The molecule has 1 amide bonds. The van der Waals surface area contributed by atoms with Crippen molar-refractivity contribution in [2.24, 2.45) is 0 Å². The second-order valence-corrected chi connectivity index (χ2v) is 5.58. The first-order valence-electron chi connectivity index (χ1n) is 8.59. The van der Waals surface area contributed by atoms with Gasteiger partial charge in [0, 0.05) is 6.08 Å². The predicted molar refractivity (Wildman–Crippen MR) is 103 cm³/mol. The van der Waals surface area contributed by atoms with E-state index in [0.717, 1.165) is 16.9 Å². The Morgan fingerprint density at radius 2 is 1.88 bits per heavy atom. The second-order valence-electron chi connectivity index (χ2n) is 5.58. The molecular weight excluding hydrogens is 330 g/mol. The molecule has 0 aliphatic carbocycles. The normalized spacial score (nSPS) is 10.6. The van der Waals surface area contributed by atoms with Gasteiger partial charge in [0.1, 0.15) is 12.4 Å². The number of carbonyl (C=O) groups is 1. The van der Waals surface area contributed by atoms with Crippen LogP contribution in [-0.2, 0) is 4.79 Å². The molecule has 5 nitrogen and oxygen atoms in total. The molecule has 0 saturated heterocycles. The Hall–Kier alpha value is -2.95. The Morgan fingerprint density at radius 1 is 1.08 bits per heavy atom. The number of aryl methyl sites for hydroxylation is 1. The number of rotatable bonds is 9. The molecular formula is C21H25NO4. The van der Waals surface area contributed by atoms with E-state index in [1.165, 1.54) is 6.08 Å². The Labute approximate surface area is 154 Å². The SMILES string of the molecule is CCOc1ccc(C=CC(=O)NCCOc2ccccc2C)cc1OC. The van der Waals surface area contributed by atoms with Gasteiger partial charge in [-0.1, -0.05) is 24.3 Å². The number of hydrogen-bond acceptors (Lipinski definition) is 4. The summed E-state index contributed by atoms with van der Waals surface area (Å²) < 4.78 is 16.4. The Morgan fingerprint density at radius 3 is 2.62 bits per heavy atom. The Balaban J connectivity index is 1.81. The summed E-state index contributed by atoms with van der Waals surface area (Å²) in [5.41, 5.74) is 1.93. The van der Waals surface area contributed by atoms with Crippen LogP contribution in [0, 0.1) is 6.92 Å². The number of nitrogens with one attached hydrogen (secondary N) is 1. The number of amides is 1. The van der Waals surface area contributed by atoms with Crippen molar-refractivity contribution in [2.45, 2.75) is 13.8 Å². The van der Waals surface area contributed by atoms with Crippen LogP contribution in [0.25, 0.3) is 6.08 Å². The molecule has 138 valence electrons. The summed E-state index contributed by atoms with van der Waals surface area (Å²) in [6, 6.07) is 13.3. The molecule has 0 spiro atoms. The molecule has 0 unspecified atom stereocenters. The maximum absolute atomic E-state index is 11.9. The number of benzene rings is 2. The van der Waals surface area contributed by atoms with Gasteiger partial charge in [-0.2, -0.15) is 0 Å². The van der Waals surface area contributed by atoms with Gasteiger partial charge in [0.05, 0.1) is 20.3 Å². The molecule has 0 saturated carbocycles. The van der Waals surface area contributed by atoms with Crippen molar-refractivity contribution in [1.29, 1.82) is 0 Å². The van der Waals surface area contributed by atoms with Gasteiger partial charge in [0.2, 0.25) is 5.91 Å². The summed E-state index contributed by atoms with van der Waals surface area (Å²) in [5.74, 6) is 1.98. The van der Waals surface area contributed by atoms with Gasteiger partial charge in [0.15, 0.2) is 11.5 Å². The monoisotopic (exact) mass is 355 g/mol. The fourth-order valence-electron chi connectivity index (χ4n) is 2.35. The van der Waals surface area contributed by atoms with E-state index in [1.807, 2.05) is 56.3 Å². The zero-order chi connectivity index (χ0) is 18.8. The third-order valence-electron chi connectivity index (χ3n) is 3.67. The highest BCUT2D eigenvalue weighted by atomic mass is 16.5. The standard InChI is InChI=1S/C21H25NO4/c1-4-25-19-11-9-17(15-20(19)24-3)10-12-21(23)22-13-14-26-18-8-6-5-7-16(18)2/h5-12,15H,4,13-14H2,1-3H3,(H,22,23). The van der Waals surface area contributed by atoms with E-state index in [0.29, 0.717) is 31.3 Å². The first-order valence-corrected chi connectivity index (χ1v) is 8.59. The summed E-state index contributed by atoms with van der Waals surface area (Å²) in [6.07, 6.45) is 3.22. The second kappa shape index (κ2) is 10.1. The van der Waals surface area contributed by atoms with Gasteiger partial charge in [-0.15, -0.1) is 0 Å². The van der Waals surface area contributed by atoms with E-state index in [2.05, 4.69) is 5.32 Å². The molecule has 0 atom stereocenters. The zero-order valence-corrected chi connectivity index (χ0v) is 15.5. The van der Waals surface area contributed by atoms with Crippen molar-refractivity contribution in [3.8, 4) is 17.2 Å². The molecule has 26 heavy (non-hydrogen) atoms. The van der Waals surface area contributed by atoms with Crippen LogP contribution >= 0.6 is 0 Å². The first kappa shape index (κ1) is 19.4. The third-order valence-corrected chi connectivity index (χ3v) is 3.67. The van der Waals surface area contributed by atoms with Gasteiger partial charge in [-0.25, -0.2) is 0 Å². The molecule has 0 aliphatic rings. The summed E-state index contributed by atoms with van der Waals surface area (Å²) in [5, 5.41) is 2.80. The number of methoxy groups -OCH3 is 1. The van der Waals surface area contributed by atoms with Crippen LogP contribution in [-0.4, -0.2) is 32.8 Å². The Bertz CT molecular complexity index is 755. The van der Waals surface area contributed by atoms with E-state index in [1.54, 1.807) is 13.2 Å². The topological polar surface area (TPSA) is 56.8 Å². The van der Waals surface area contributed by atoms with Crippen molar-refractivity contribution in [3.05, 3.63) is 59.7 Å². The maximum Gasteiger partial charge on any atom is 0.244 e. The first-order chi connectivity index (χ1) is 12.6.